The maximum Gasteiger partial charge on any atom is 0.276 e. The zero-order valence-electron chi connectivity index (χ0n) is 14.6. The Hall–Kier alpha value is -2.63. The van der Waals surface area contributed by atoms with Gasteiger partial charge in [0.25, 0.3) is 5.91 Å². The molecule has 25 heavy (non-hydrogen) atoms. The maximum atomic E-state index is 12.7. The summed E-state index contributed by atoms with van der Waals surface area (Å²) in [4.78, 5) is 28.9. The summed E-state index contributed by atoms with van der Waals surface area (Å²) < 4.78 is 5.01. The van der Waals surface area contributed by atoms with Gasteiger partial charge < -0.3 is 14.3 Å². The van der Waals surface area contributed by atoms with Gasteiger partial charge >= 0.3 is 0 Å². The summed E-state index contributed by atoms with van der Waals surface area (Å²) in [7, 11) is 0. The number of hydrogen-bond acceptors (Lipinski definition) is 4. The molecular formula is C19H23N3O3. The van der Waals surface area contributed by atoms with Gasteiger partial charge in [0.15, 0.2) is 5.69 Å². The van der Waals surface area contributed by atoms with Crippen LogP contribution in [0.5, 0.6) is 0 Å². The van der Waals surface area contributed by atoms with Gasteiger partial charge in [-0.2, -0.15) is 0 Å². The molecule has 6 heteroatoms. The number of benzene rings is 1. The molecule has 0 radical (unpaired) electrons. The SMILES string of the molecule is CC[C@@H]1CN(C(=O)c2cc(C)on2)CCC(=O)N1Cc1ccccc1. The molecule has 1 aromatic carbocycles. The molecular weight excluding hydrogens is 318 g/mol. The lowest BCUT2D eigenvalue weighted by Crippen LogP contribution is -2.43. The minimum Gasteiger partial charge on any atom is -0.361 e. The predicted octanol–water partition coefficient (Wildman–Crippen LogP) is 2.64. The summed E-state index contributed by atoms with van der Waals surface area (Å²) in [5, 5.41) is 3.81. The van der Waals surface area contributed by atoms with E-state index in [0.717, 1.165) is 12.0 Å². The Morgan fingerprint density at radius 3 is 2.72 bits per heavy atom. The van der Waals surface area contributed by atoms with E-state index in [1.165, 1.54) is 0 Å². The molecule has 2 amide bonds. The average Bonchev–Trinajstić information content (AvgIpc) is 3.00. The third kappa shape index (κ3) is 3.90. The number of aromatic nitrogens is 1. The molecule has 0 unspecified atom stereocenters. The number of aryl methyl sites for hydroxylation is 1. The highest BCUT2D eigenvalue weighted by atomic mass is 16.5. The smallest absolute Gasteiger partial charge is 0.276 e. The third-order valence-electron chi connectivity index (χ3n) is 4.59. The van der Waals surface area contributed by atoms with Crippen LogP contribution in [-0.2, 0) is 11.3 Å². The van der Waals surface area contributed by atoms with Gasteiger partial charge in [-0.05, 0) is 18.9 Å². The Kier molecular flexibility index (Phi) is 5.16. The van der Waals surface area contributed by atoms with Crippen molar-refractivity contribution in [2.45, 2.75) is 39.3 Å². The lowest BCUT2D eigenvalue weighted by Gasteiger charge is -2.31. The van der Waals surface area contributed by atoms with Crippen LogP contribution in [0.4, 0.5) is 0 Å². The molecule has 1 aliphatic heterocycles. The fourth-order valence-corrected chi connectivity index (χ4v) is 3.18. The summed E-state index contributed by atoms with van der Waals surface area (Å²) in [5.41, 5.74) is 1.40. The number of carbonyl (C=O) groups excluding carboxylic acids is 2. The van der Waals surface area contributed by atoms with E-state index in [4.69, 9.17) is 4.52 Å². The van der Waals surface area contributed by atoms with Crippen LogP contribution in [0.1, 0.15) is 41.6 Å². The highest BCUT2D eigenvalue weighted by molar-refractivity contribution is 5.93. The first-order valence-electron chi connectivity index (χ1n) is 8.64. The second-order valence-corrected chi connectivity index (χ2v) is 6.39. The molecule has 0 spiro atoms. The van der Waals surface area contributed by atoms with Crippen molar-refractivity contribution in [3.63, 3.8) is 0 Å². The van der Waals surface area contributed by atoms with E-state index in [9.17, 15) is 9.59 Å². The van der Waals surface area contributed by atoms with Crippen LogP contribution >= 0.6 is 0 Å². The second-order valence-electron chi connectivity index (χ2n) is 6.39. The molecule has 1 aliphatic rings. The molecule has 1 fully saturated rings. The first-order valence-corrected chi connectivity index (χ1v) is 8.64. The largest absolute Gasteiger partial charge is 0.361 e. The molecule has 1 atom stereocenters. The van der Waals surface area contributed by atoms with Crippen molar-refractivity contribution in [1.29, 1.82) is 0 Å². The van der Waals surface area contributed by atoms with Crippen molar-refractivity contribution in [3.8, 4) is 0 Å². The van der Waals surface area contributed by atoms with Crippen molar-refractivity contribution in [3.05, 3.63) is 53.4 Å². The molecule has 0 N–H and O–H groups in total. The monoisotopic (exact) mass is 341 g/mol. The number of nitrogens with zero attached hydrogens (tertiary/aromatic N) is 3. The van der Waals surface area contributed by atoms with E-state index in [-0.39, 0.29) is 17.9 Å². The fraction of sp³-hybridized carbons (Fsp3) is 0.421. The van der Waals surface area contributed by atoms with Crippen LogP contribution in [0.25, 0.3) is 0 Å². The summed E-state index contributed by atoms with van der Waals surface area (Å²) in [6, 6.07) is 11.6. The van der Waals surface area contributed by atoms with Crippen LogP contribution in [0, 0.1) is 6.92 Å². The summed E-state index contributed by atoms with van der Waals surface area (Å²) >= 11 is 0. The van der Waals surface area contributed by atoms with E-state index in [1.807, 2.05) is 42.2 Å². The van der Waals surface area contributed by atoms with Gasteiger partial charge in [-0.25, -0.2) is 0 Å². The zero-order chi connectivity index (χ0) is 17.8. The lowest BCUT2D eigenvalue weighted by molar-refractivity contribution is -0.133. The molecule has 0 saturated carbocycles. The van der Waals surface area contributed by atoms with Gasteiger partial charge in [0, 0.05) is 38.2 Å². The third-order valence-corrected chi connectivity index (χ3v) is 4.59. The first-order chi connectivity index (χ1) is 12.1. The first kappa shape index (κ1) is 17.2. The van der Waals surface area contributed by atoms with E-state index >= 15 is 0 Å². The van der Waals surface area contributed by atoms with E-state index in [1.54, 1.807) is 17.9 Å². The van der Waals surface area contributed by atoms with Crippen LogP contribution < -0.4 is 0 Å². The van der Waals surface area contributed by atoms with Crippen molar-refractivity contribution in [1.82, 2.24) is 15.0 Å². The van der Waals surface area contributed by atoms with Gasteiger partial charge in [-0.1, -0.05) is 42.4 Å². The van der Waals surface area contributed by atoms with Crippen molar-refractivity contribution < 1.29 is 14.1 Å². The number of hydrogen-bond donors (Lipinski definition) is 0. The second kappa shape index (κ2) is 7.51. The van der Waals surface area contributed by atoms with Crippen molar-refractivity contribution in [2.24, 2.45) is 0 Å². The van der Waals surface area contributed by atoms with Gasteiger partial charge in [0.05, 0.1) is 0 Å². The Bertz CT molecular complexity index is 741. The van der Waals surface area contributed by atoms with E-state index < -0.39 is 0 Å². The minimum atomic E-state index is -0.176. The average molecular weight is 341 g/mol. The normalized spacial score (nSPS) is 18.3. The van der Waals surface area contributed by atoms with E-state index in [2.05, 4.69) is 5.16 Å². The number of carbonyl (C=O) groups is 2. The quantitative estimate of drug-likeness (QED) is 0.857. The van der Waals surface area contributed by atoms with E-state index in [0.29, 0.717) is 37.5 Å². The standard InChI is InChI=1S/C19H23N3O3/c1-3-16-13-21(19(24)17-11-14(2)25-20-17)10-9-18(23)22(16)12-15-7-5-4-6-8-15/h4-8,11,16H,3,9-10,12-13H2,1-2H3/t16-/m1/s1. The van der Waals surface area contributed by atoms with Crippen molar-refractivity contribution in [2.75, 3.05) is 13.1 Å². The zero-order valence-corrected chi connectivity index (χ0v) is 14.6. The van der Waals surface area contributed by atoms with Crippen LogP contribution in [0.2, 0.25) is 0 Å². The molecule has 2 heterocycles. The van der Waals surface area contributed by atoms with Gasteiger partial charge in [0.1, 0.15) is 5.76 Å². The van der Waals surface area contributed by atoms with Gasteiger partial charge in [-0.15, -0.1) is 0 Å². The maximum absolute atomic E-state index is 12.7. The summed E-state index contributed by atoms with van der Waals surface area (Å²) in [5.74, 6) is 0.513. The van der Waals surface area contributed by atoms with Crippen LogP contribution in [0.15, 0.2) is 40.9 Å². The highest BCUT2D eigenvalue weighted by Crippen LogP contribution is 2.19. The lowest BCUT2D eigenvalue weighted by atomic mass is 10.1. The summed E-state index contributed by atoms with van der Waals surface area (Å²) in [6.07, 6.45) is 1.12. The fourth-order valence-electron chi connectivity index (χ4n) is 3.18. The minimum absolute atomic E-state index is 0.00726. The Balaban J connectivity index is 1.77. The molecule has 2 aromatic rings. The summed E-state index contributed by atoms with van der Waals surface area (Å²) in [6.45, 7) is 5.30. The molecule has 0 bridgehead atoms. The van der Waals surface area contributed by atoms with Gasteiger partial charge in [-0.3, -0.25) is 9.59 Å². The topological polar surface area (TPSA) is 66.7 Å². The molecule has 0 aliphatic carbocycles. The molecule has 1 saturated heterocycles. The number of amides is 2. The van der Waals surface area contributed by atoms with Crippen LogP contribution in [-0.4, -0.2) is 45.9 Å². The Morgan fingerprint density at radius 1 is 1.32 bits per heavy atom. The molecule has 3 rings (SSSR count). The van der Waals surface area contributed by atoms with Gasteiger partial charge in [0.2, 0.25) is 5.91 Å². The highest BCUT2D eigenvalue weighted by Gasteiger charge is 2.31. The Morgan fingerprint density at radius 2 is 2.08 bits per heavy atom. The predicted molar refractivity (Wildman–Crippen MR) is 92.8 cm³/mol. The Labute approximate surface area is 147 Å². The number of rotatable bonds is 4. The molecule has 6 nitrogen and oxygen atoms in total. The molecule has 1 aromatic heterocycles. The van der Waals surface area contributed by atoms with Crippen LogP contribution in [0.3, 0.4) is 0 Å². The van der Waals surface area contributed by atoms with Crippen molar-refractivity contribution >= 4 is 11.8 Å². The molecule has 132 valence electrons.